The molecule has 1 aliphatic rings. The molecule has 1 saturated heterocycles. The van der Waals surface area contributed by atoms with Crippen LogP contribution < -0.4 is 0 Å². The Morgan fingerprint density at radius 1 is 1.53 bits per heavy atom. The standard InChI is InChI=1S/C12H18N2O2S/c1-9-7-14(6-5-13(9)2)8-10-3-4-11(17-10)12(15)16/h3-4,9H,5-8H2,1-2H3,(H,15,16). The summed E-state index contributed by atoms with van der Waals surface area (Å²) in [6.07, 6.45) is 0. The molecule has 1 aromatic heterocycles. The minimum atomic E-state index is -0.826. The van der Waals surface area contributed by atoms with Crippen molar-refractivity contribution in [3.63, 3.8) is 0 Å². The molecular formula is C12H18N2O2S. The molecule has 2 heterocycles. The molecule has 1 aliphatic heterocycles. The summed E-state index contributed by atoms with van der Waals surface area (Å²) in [5.74, 6) is -0.826. The van der Waals surface area contributed by atoms with Gasteiger partial charge >= 0.3 is 5.97 Å². The molecule has 0 aromatic carbocycles. The smallest absolute Gasteiger partial charge is 0.345 e. The zero-order valence-corrected chi connectivity index (χ0v) is 11.0. The number of hydrogen-bond acceptors (Lipinski definition) is 4. The predicted octanol–water partition coefficient (Wildman–Crippen LogP) is 1.58. The average Bonchev–Trinajstić information content (AvgIpc) is 2.72. The second kappa shape index (κ2) is 5.16. The van der Waals surface area contributed by atoms with E-state index in [1.807, 2.05) is 6.07 Å². The van der Waals surface area contributed by atoms with Crippen LogP contribution >= 0.6 is 11.3 Å². The number of carbonyl (C=O) groups is 1. The third-order valence-electron chi connectivity index (χ3n) is 3.30. The van der Waals surface area contributed by atoms with E-state index in [1.54, 1.807) is 6.07 Å². The van der Waals surface area contributed by atoms with E-state index in [1.165, 1.54) is 11.3 Å². The predicted molar refractivity (Wildman–Crippen MR) is 68.6 cm³/mol. The lowest BCUT2D eigenvalue weighted by Gasteiger charge is -2.37. The van der Waals surface area contributed by atoms with E-state index in [2.05, 4.69) is 23.8 Å². The highest BCUT2D eigenvalue weighted by Crippen LogP contribution is 2.19. The monoisotopic (exact) mass is 254 g/mol. The van der Waals surface area contributed by atoms with E-state index in [4.69, 9.17) is 5.11 Å². The Bertz CT molecular complexity index is 405. The van der Waals surface area contributed by atoms with Crippen LogP contribution in [-0.4, -0.2) is 53.6 Å². The molecule has 0 bridgehead atoms. The van der Waals surface area contributed by atoms with Crippen molar-refractivity contribution >= 4 is 17.3 Å². The molecule has 0 aliphatic carbocycles. The summed E-state index contributed by atoms with van der Waals surface area (Å²) < 4.78 is 0. The van der Waals surface area contributed by atoms with Gasteiger partial charge in [-0.3, -0.25) is 4.90 Å². The largest absolute Gasteiger partial charge is 0.477 e. The number of hydrogen-bond donors (Lipinski definition) is 1. The second-order valence-corrected chi connectivity index (χ2v) is 5.80. The lowest BCUT2D eigenvalue weighted by Crippen LogP contribution is -2.49. The Hall–Kier alpha value is -0.910. The lowest BCUT2D eigenvalue weighted by atomic mass is 10.2. The van der Waals surface area contributed by atoms with Gasteiger partial charge in [-0.25, -0.2) is 4.79 Å². The van der Waals surface area contributed by atoms with E-state index in [0.29, 0.717) is 10.9 Å². The molecule has 1 fully saturated rings. The number of nitrogens with zero attached hydrogens (tertiary/aromatic N) is 2. The van der Waals surface area contributed by atoms with E-state index < -0.39 is 5.97 Å². The van der Waals surface area contributed by atoms with Gasteiger partial charge in [-0.1, -0.05) is 0 Å². The van der Waals surface area contributed by atoms with Crippen LogP contribution in [0.2, 0.25) is 0 Å². The molecule has 1 aromatic rings. The van der Waals surface area contributed by atoms with Crippen LogP contribution in [0.15, 0.2) is 12.1 Å². The van der Waals surface area contributed by atoms with Gasteiger partial charge in [0, 0.05) is 37.1 Å². The van der Waals surface area contributed by atoms with Gasteiger partial charge in [-0.15, -0.1) is 11.3 Å². The van der Waals surface area contributed by atoms with Crippen molar-refractivity contribution in [2.24, 2.45) is 0 Å². The lowest BCUT2D eigenvalue weighted by molar-refractivity contribution is 0.0702. The topological polar surface area (TPSA) is 43.8 Å². The van der Waals surface area contributed by atoms with Crippen molar-refractivity contribution in [2.75, 3.05) is 26.7 Å². The highest BCUT2D eigenvalue weighted by molar-refractivity contribution is 7.13. The van der Waals surface area contributed by atoms with Crippen molar-refractivity contribution in [3.05, 3.63) is 21.9 Å². The Morgan fingerprint density at radius 3 is 2.88 bits per heavy atom. The second-order valence-electron chi connectivity index (χ2n) is 4.64. The van der Waals surface area contributed by atoms with Gasteiger partial charge in [0.2, 0.25) is 0 Å². The number of carboxylic acid groups (broad SMARTS) is 1. The molecule has 1 N–H and O–H groups in total. The molecule has 0 spiro atoms. The van der Waals surface area contributed by atoms with Crippen molar-refractivity contribution in [2.45, 2.75) is 19.5 Å². The normalized spacial score (nSPS) is 22.8. The molecule has 0 radical (unpaired) electrons. The van der Waals surface area contributed by atoms with E-state index in [0.717, 1.165) is 31.1 Å². The Balaban J connectivity index is 1.94. The van der Waals surface area contributed by atoms with Gasteiger partial charge in [-0.05, 0) is 26.1 Å². The number of thiophene rings is 1. The van der Waals surface area contributed by atoms with Crippen molar-refractivity contribution in [1.29, 1.82) is 0 Å². The maximum Gasteiger partial charge on any atom is 0.345 e. The maximum absolute atomic E-state index is 10.8. The molecule has 4 nitrogen and oxygen atoms in total. The Kier molecular flexibility index (Phi) is 3.81. The summed E-state index contributed by atoms with van der Waals surface area (Å²) >= 11 is 1.38. The van der Waals surface area contributed by atoms with Gasteiger partial charge in [0.05, 0.1) is 0 Å². The van der Waals surface area contributed by atoms with Crippen molar-refractivity contribution < 1.29 is 9.90 Å². The number of rotatable bonds is 3. The summed E-state index contributed by atoms with van der Waals surface area (Å²) in [4.78, 5) is 17.1. The van der Waals surface area contributed by atoms with Crippen LogP contribution in [0.5, 0.6) is 0 Å². The van der Waals surface area contributed by atoms with Crippen molar-refractivity contribution in [3.8, 4) is 0 Å². The zero-order chi connectivity index (χ0) is 12.4. The van der Waals surface area contributed by atoms with Crippen LogP contribution in [0.3, 0.4) is 0 Å². The summed E-state index contributed by atoms with van der Waals surface area (Å²) in [5, 5.41) is 8.87. The first-order chi connectivity index (χ1) is 8.06. The van der Waals surface area contributed by atoms with Crippen LogP contribution in [0.4, 0.5) is 0 Å². The quantitative estimate of drug-likeness (QED) is 0.889. The molecule has 5 heteroatoms. The van der Waals surface area contributed by atoms with Gasteiger partial charge < -0.3 is 10.0 Å². The molecule has 2 rings (SSSR count). The number of piperazine rings is 1. The number of carboxylic acids is 1. The number of likely N-dealkylation sites (N-methyl/N-ethyl adjacent to an activating group) is 1. The molecule has 0 saturated carbocycles. The minimum Gasteiger partial charge on any atom is -0.477 e. The SMILES string of the molecule is CC1CN(Cc2ccc(C(=O)O)s2)CCN1C. The fourth-order valence-electron chi connectivity index (χ4n) is 2.07. The fraction of sp³-hybridized carbons (Fsp3) is 0.583. The van der Waals surface area contributed by atoms with E-state index in [-0.39, 0.29) is 0 Å². The van der Waals surface area contributed by atoms with Crippen molar-refractivity contribution in [1.82, 2.24) is 9.80 Å². The minimum absolute atomic E-state index is 0.433. The molecule has 1 unspecified atom stereocenters. The highest BCUT2D eigenvalue weighted by Gasteiger charge is 2.21. The highest BCUT2D eigenvalue weighted by atomic mass is 32.1. The third kappa shape index (κ3) is 3.06. The third-order valence-corrected chi connectivity index (χ3v) is 4.35. The van der Waals surface area contributed by atoms with Gasteiger partial charge in [0.1, 0.15) is 4.88 Å². The molecule has 94 valence electrons. The molecule has 17 heavy (non-hydrogen) atoms. The van der Waals surface area contributed by atoms with E-state index in [9.17, 15) is 4.79 Å². The summed E-state index contributed by atoms with van der Waals surface area (Å²) in [6, 6.07) is 4.20. The summed E-state index contributed by atoms with van der Waals surface area (Å²) in [5.41, 5.74) is 0. The molecular weight excluding hydrogens is 236 g/mol. The summed E-state index contributed by atoms with van der Waals surface area (Å²) in [6.45, 7) is 6.29. The first-order valence-corrected chi connectivity index (χ1v) is 6.62. The van der Waals surface area contributed by atoms with Crippen LogP contribution in [0, 0.1) is 0 Å². The van der Waals surface area contributed by atoms with E-state index >= 15 is 0 Å². The van der Waals surface area contributed by atoms with Gasteiger partial charge in [-0.2, -0.15) is 0 Å². The zero-order valence-electron chi connectivity index (χ0n) is 10.2. The van der Waals surface area contributed by atoms with Crippen LogP contribution in [-0.2, 0) is 6.54 Å². The Labute approximate surface area is 105 Å². The first kappa shape index (κ1) is 12.5. The number of aromatic carboxylic acids is 1. The molecule has 0 amide bonds. The van der Waals surface area contributed by atoms with Crippen LogP contribution in [0.25, 0.3) is 0 Å². The fourth-order valence-corrected chi connectivity index (χ4v) is 2.95. The van der Waals surface area contributed by atoms with Gasteiger partial charge in [0.15, 0.2) is 0 Å². The summed E-state index contributed by atoms with van der Waals surface area (Å²) in [7, 11) is 2.15. The molecule has 1 atom stereocenters. The van der Waals surface area contributed by atoms with Gasteiger partial charge in [0.25, 0.3) is 0 Å². The van der Waals surface area contributed by atoms with Crippen LogP contribution in [0.1, 0.15) is 21.5 Å². The average molecular weight is 254 g/mol. The maximum atomic E-state index is 10.8. The Morgan fingerprint density at radius 2 is 2.29 bits per heavy atom. The first-order valence-electron chi connectivity index (χ1n) is 5.81.